The standard InChI is InChI=1S/C19H22O2/c1-13-6-9-18(14(2)10-13)19(20)12-21-17-8-7-15-4-3-5-16(15)11-17/h6-11,19-20H,3-5,12H2,1-2H3. The van der Waals surface area contributed by atoms with Crippen LogP contribution in [0.3, 0.4) is 0 Å². The Morgan fingerprint density at radius 2 is 1.86 bits per heavy atom. The maximum absolute atomic E-state index is 10.3. The molecule has 0 aliphatic heterocycles. The van der Waals surface area contributed by atoms with Gasteiger partial charge in [0.1, 0.15) is 18.5 Å². The van der Waals surface area contributed by atoms with Crippen LogP contribution in [0, 0.1) is 13.8 Å². The van der Waals surface area contributed by atoms with Crippen LogP contribution in [0.25, 0.3) is 0 Å². The molecule has 0 radical (unpaired) electrons. The summed E-state index contributed by atoms with van der Waals surface area (Å²) in [6.45, 7) is 4.38. The molecule has 0 saturated carbocycles. The summed E-state index contributed by atoms with van der Waals surface area (Å²) < 4.78 is 5.78. The molecule has 3 rings (SSSR count). The summed E-state index contributed by atoms with van der Waals surface area (Å²) in [4.78, 5) is 0. The van der Waals surface area contributed by atoms with Crippen molar-refractivity contribution in [3.63, 3.8) is 0 Å². The number of benzene rings is 2. The first-order valence-electron chi connectivity index (χ1n) is 7.63. The van der Waals surface area contributed by atoms with Crippen molar-refractivity contribution in [3.8, 4) is 5.75 Å². The number of ether oxygens (including phenoxy) is 1. The van der Waals surface area contributed by atoms with Crippen LogP contribution in [0.2, 0.25) is 0 Å². The zero-order chi connectivity index (χ0) is 14.8. The molecule has 2 aromatic carbocycles. The van der Waals surface area contributed by atoms with Gasteiger partial charge in [0.05, 0.1) is 0 Å². The highest BCUT2D eigenvalue weighted by Gasteiger charge is 2.14. The first kappa shape index (κ1) is 14.2. The van der Waals surface area contributed by atoms with Crippen molar-refractivity contribution in [1.82, 2.24) is 0 Å². The van der Waals surface area contributed by atoms with Crippen molar-refractivity contribution in [1.29, 1.82) is 0 Å². The van der Waals surface area contributed by atoms with E-state index in [4.69, 9.17) is 4.74 Å². The van der Waals surface area contributed by atoms with Crippen LogP contribution in [0.1, 0.15) is 40.3 Å². The fourth-order valence-electron chi connectivity index (χ4n) is 3.10. The van der Waals surface area contributed by atoms with Gasteiger partial charge in [0.25, 0.3) is 0 Å². The highest BCUT2D eigenvalue weighted by molar-refractivity contribution is 5.38. The molecule has 0 amide bonds. The minimum atomic E-state index is -0.584. The molecule has 1 aliphatic carbocycles. The van der Waals surface area contributed by atoms with E-state index < -0.39 is 6.10 Å². The van der Waals surface area contributed by atoms with E-state index in [-0.39, 0.29) is 0 Å². The Bertz CT molecular complexity index is 646. The topological polar surface area (TPSA) is 29.5 Å². The number of rotatable bonds is 4. The molecule has 2 heteroatoms. The van der Waals surface area contributed by atoms with Crippen molar-refractivity contribution in [2.45, 2.75) is 39.2 Å². The summed E-state index contributed by atoms with van der Waals surface area (Å²) in [5.74, 6) is 0.861. The second-order valence-corrected chi connectivity index (χ2v) is 5.97. The largest absolute Gasteiger partial charge is 0.491 e. The molecule has 1 atom stereocenters. The number of hydrogen-bond acceptors (Lipinski definition) is 2. The molecule has 2 aromatic rings. The lowest BCUT2D eigenvalue weighted by Gasteiger charge is -2.16. The van der Waals surface area contributed by atoms with Gasteiger partial charge in [0.2, 0.25) is 0 Å². The van der Waals surface area contributed by atoms with Crippen LogP contribution in [0.4, 0.5) is 0 Å². The fraction of sp³-hybridized carbons (Fsp3) is 0.368. The Morgan fingerprint density at radius 3 is 2.67 bits per heavy atom. The average molecular weight is 282 g/mol. The Labute approximate surface area is 126 Å². The minimum absolute atomic E-state index is 0.294. The molecular weight excluding hydrogens is 260 g/mol. The summed E-state index contributed by atoms with van der Waals surface area (Å²) in [5.41, 5.74) is 6.11. The predicted molar refractivity (Wildman–Crippen MR) is 84.8 cm³/mol. The molecule has 0 bridgehead atoms. The summed E-state index contributed by atoms with van der Waals surface area (Å²) >= 11 is 0. The van der Waals surface area contributed by atoms with E-state index in [9.17, 15) is 5.11 Å². The molecule has 0 fully saturated rings. The van der Waals surface area contributed by atoms with Crippen molar-refractivity contribution >= 4 is 0 Å². The highest BCUT2D eigenvalue weighted by Crippen LogP contribution is 2.27. The number of fused-ring (bicyclic) bond motifs is 1. The average Bonchev–Trinajstić information content (AvgIpc) is 2.92. The third kappa shape index (κ3) is 3.11. The van der Waals surface area contributed by atoms with E-state index in [1.807, 2.05) is 25.1 Å². The monoisotopic (exact) mass is 282 g/mol. The van der Waals surface area contributed by atoms with E-state index in [0.717, 1.165) is 23.3 Å². The molecule has 21 heavy (non-hydrogen) atoms. The Kier molecular flexibility index (Phi) is 3.98. The van der Waals surface area contributed by atoms with E-state index in [1.54, 1.807) is 0 Å². The molecule has 1 aliphatic rings. The van der Waals surface area contributed by atoms with E-state index in [2.05, 4.69) is 25.1 Å². The molecule has 0 heterocycles. The van der Waals surface area contributed by atoms with Gasteiger partial charge in [-0.2, -0.15) is 0 Å². The molecule has 0 aromatic heterocycles. The van der Waals surface area contributed by atoms with Gasteiger partial charge in [-0.3, -0.25) is 0 Å². The zero-order valence-corrected chi connectivity index (χ0v) is 12.7. The SMILES string of the molecule is Cc1ccc(C(O)COc2ccc3c(c2)CCC3)c(C)c1. The van der Waals surface area contributed by atoms with Gasteiger partial charge >= 0.3 is 0 Å². The van der Waals surface area contributed by atoms with Gasteiger partial charge < -0.3 is 9.84 Å². The van der Waals surface area contributed by atoms with Crippen molar-refractivity contribution in [3.05, 3.63) is 64.2 Å². The second-order valence-electron chi connectivity index (χ2n) is 5.97. The van der Waals surface area contributed by atoms with Crippen molar-refractivity contribution in [2.75, 3.05) is 6.61 Å². The van der Waals surface area contributed by atoms with E-state index in [0.29, 0.717) is 6.61 Å². The lowest BCUT2D eigenvalue weighted by atomic mass is 10.0. The normalized spacial score (nSPS) is 14.8. The first-order valence-corrected chi connectivity index (χ1v) is 7.63. The Balaban J connectivity index is 1.67. The van der Waals surface area contributed by atoms with Crippen LogP contribution in [0.5, 0.6) is 5.75 Å². The number of aliphatic hydroxyl groups is 1. The van der Waals surface area contributed by atoms with Crippen LogP contribution in [-0.2, 0) is 12.8 Å². The smallest absolute Gasteiger partial charge is 0.119 e. The molecule has 2 nitrogen and oxygen atoms in total. The van der Waals surface area contributed by atoms with Gasteiger partial charge in [-0.05, 0) is 67.5 Å². The highest BCUT2D eigenvalue weighted by atomic mass is 16.5. The zero-order valence-electron chi connectivity index (χ0n) is 12.7. The van der Waals surface area contributed by atoms with E-state index >= 15 is 0 Å². The van der Waals surface area contributed by atoms with Gasteiger partial charge in [-0.25, -0.2) is 0 Å². The van der Waals surface area contributed by atoms with Crippen molar-refractivity contribution < 1.29 is 9.84 Å². The Hall–Kier alpha value is -1.80. The molecule has 1 N–H and O–H groups in total. The second kappa shape index (κ2) is 5.90. The lowest BCUT2D eigenvalue weighted by molar-refractivity contribution is 0.107. The predicted octanol–water partition coefficient (Wildman–Crippen LogP) is 3.90. The van der Waals surface area contributed by atoms with Gasteiger partial charge in [-0.15, -0.1) is 0 Å². The molecule has 0 spiro atoms. The van der Waals surface area contributed by atoms with Crippen LogP contribution in [0.15, 0.2) is 36.4 Å². The maximum Gasteiger partial charge on any atom is 0.119 e. The third-order valence-corrected chi connectivity index (χ3v) is 4.26. The molecule has 0 saturated heterocycles. The summed E-state index contributed by atoms with van der Waals surface area (Å²) in [6, 6.07) is 12.4. The quantitative estimate of drug-likeness (QED) is 0.921. The van der Waals surface area contributed by atoms with Crippen LogP contribution >= 0.6 is 0 Å². The third-order valence-electron chi connectivity index (χ3n) is 4.26. The Morgan fingerprint density at radius 1 is 1.05 bits per heavy atom. The molecule has 110 valence electrons. The van der Waals surface area contributed by atoms with Gasteiger partial charge in [0, 0.05) is 0 Å². The lowest BCUT2D eigenvalue weighted by Crippen LogP contribution is -2.11. The summed E-state index contributed by atoms with van der Waals surface area (Å²) in [6.07, 6.45) is 2.98. The molecule has 1 unspecified atom stereocenters. The van der Waals surface area contributed by atoms with Crippen LogP contribution < -0.4 is 4.74 Å². The minimum Gasteiger partial charge on any atom is -0.491 e. The summed E-state index contributed by atoms with van der Waals surface area (Å²) in [5, 5.41) is 10.3. The van der Waals surface area contributed by atoms with Gasteiger partial charge in [-0.1, -0.05) is 29.8 Å². The number of aryl methyl sites for hydroxylation is 4. The maximum atomic E-state index is 10.3. The number of aliphatic hydroxyl groups excluding tert-OH is 1. The molecular formula is C19H22O2. The van der Waals surface area contributed by atoms with Crippen LogP contribution in [-0.4, -0.2) is 11.7 Å². The number of hydrogen-bond donors (Lipinski definition) is 1. The van der Waals surface area contributed by atoms with E-state index in [1.165, 1.54) is 29.5 Å². The van der Waals surface area contributed by atoms with Gasteiger partial charge in [0.15, 0.2) is 0 Å². The first-order chi connectivity index (χ1) is 10.1. The summed E-state index contributed by atoms with van der Waals surface area (Å²) in [7, 11) is 0. The fourth-order valence-corrected chi connectivity index (χ4v) is 3.10. The van der Waals surface area contributed by atoms with Crippen molar-refractivity contribution in [2.24, 2.45) is 0 Å².